The number of carbonyl (C=O) groups is 2. The Morgan fingerprint density at radius 2 is 1.75 bits per heavy atom. The Hall–Kier alpha value is -4.19. The first-order valence-electron chi connectivity index (χ1n) is 10.3. The number of likely N-dealkylation sites (tertiary alicyclic amines) is 1. The Balaban J connectivity index is 1.70. The molecule has 0 bridgehead atoms. The van der Waals surface area contributed by atoms with Crippen molar-refractivity contribution in [3.8, 4) is 0 Å². The maximum Gasteiger partial charge on any atom is 0.296 e. The summed E-state index contributed by atoms with van der Waals surface area (Å²) in [6.45, 7) is 1.98. The molecule has 0 radical (unpaired) electrons. The maximum absolute atomic E-state index is 13.2. The van der Waals surface area contributed by atoms with Gasteiger partial charge in [0.2, 0.25) is 0 Å². The average molecular weight is 424 g/mol. The molecule has 4 aromatic rings. The minimum absolute atomic E-state index is 0.0229. The number of hydrogen-bond donors (Lipinski definition) is 1. The van der Waals surface area contributed by atoms with Crippen LogP contribution in [-0.2, 0) is 16.1 Å². The Labute approximate surface area is 184 Å². The second-order valence-corrected chi connectivity index (χ2v) is 7.76. The van der Waals surface area contributed by atoms with Gasteiger partial charge < -0.3 is 14.4 Å². The van der Waals surface area contributed by atoms with Gasteiger partial charge in [-0.25, -0.2) is 0 Å². The van der Waals surface area contributed by atoms with E-state index < -0.39 is 17.7 Å². The van der Waals surface area contributed by atoms with Gasteiger partial charge in [0.1, 0.15) is 23.3 Å². The first kappa shape index (κ1) is 19.8. The number of nitrogens with zero attached hydrogens (tertiary/aromatic N) is 2. The zero-order valence-corrected chi connectivity index (χ0v) is 17.4. The summed E-state index contributed by atoms with van der Waals surface area (Å²) in [7, 11) is 0. The SMILES string of the molecule is Cc1ccc(C2/C(=C(/O)c3cccc4ccccc34)C(=O)C(=O)N2Cc2ccncc2)o1. The summed E-state index contributed by atoms with van der Waals surface area (Å²) in [6.07, 6.45) is 3.27. The number of ketones is 1. The number of aliphatic hydroxyl groups excluding tert-OH is 1. The van der Waals surface area contributed by atoms with Crippen LogP contribution in [0.25, 0.3) is 16.5 Å². The Bertz CT molecular complexity index is 1370. The van der Waals surface area contributed by atoms with E-state index in [1.165, 1.54) is 4.90 Å². The number of hydrogen-bond acceptors (Lipinski definition) is 5. The number of rotatable bonds is 4. The van der Waals surface area contributed by atoms with E-state index in [0.29, 0.717) is 17.1 Å². The lowest BCUT2D eigenvalue weighted by molar-refractivity contribution is -0.140. The number of Topliss-reactive ketones (excluding diaryl/α,β-unsaturated/α-hetero) is 1. The molecule has 1 unspecified atom stereocenters. The van der Waals surface area contributed by atoms with E-state index >= 15 is 0 Å². The molecule has 1 N–H and O–H groups in total. The van der Waals surface area contributed by atoms with Crippen molar-refractivity contribution in [2.75, 3.05) is 0 Å². The van der Waals surface area contributed by atoms with Crippen LogP contribution in [0.3, 0.4) is 0 Å². The van der Waals surface area contributed by atoms with Crippen molar-refractivity contribution in [1.29, 1.82) is 0 Å². The highest BCUT2D eigenvalue weighted by molar-refractivity contribution is 6.46. The third kappa shape index (κ3) is 3.26. The molecule has 1 saturated heterocycles. The number of benzene rings is 2. The van der Waals surface area contributed by atoms with Gasteiger partial charge in [-0.1, -0.05) is 42.5 Å². The number of aromatic nitrogens is 1. The monoisotopic (exact) mass is 424 g/mol. The lowest BCUT2D eigenvalue weighted by atomic mass is 9.96. The van der Waals surface area contributed by atoms with Gasteiger partial charge in [0.25, 0.3) is 11.7 Å². The molecule has 0 spiro atoms. The smallest absolute Gasteiger partial charge is 0.296 e. The van der Waals surface area contributed by atoms with Gasteiger partial charge in [0.05, 0.1) is 5.57 Å². The lowest BCUT2D eigenvalue weighted by Gasteiger charge is -2.23. The fourth-order valence-corrected chi connectivity index (χ4v) is 4.20. The van der Waals surface area contributed by atoms with E-state index in [2.05, 4.69) is 4.98 Å². The zero-order chi connectivity index (χ0) is 22.2. The second kappa shape index (κ2) is 7.81. The molecule has 32 heavy (non-hydrogen) atoms. The van der Waals surface area contributed by atoms with Gasteiger partial charge in [0, 0.05) is 24.5 Å². The zero-order valence-electron chi connectivity index (χ0n) is 17.4. The van der Waals surface area contributed by atoms with Crippen molar-refractivity contribution in [1.82, 2.24) is 9.88 Å². The third-order valence-electron chi connectivity index (χ3n) is 5.72. The Morgan fingerprint density at radius 3 is 2.50 bits per heavy atom. The molecule has 1 amide bonds. The molecule has 3 heterocycles. The average Bonchev–Trinajstić information content (AvgIpc) is 3.35. The van der Waals surface area contributed by atoms with Crippen LogP contribution in [0.5, 0.6) is 0 Å². The number of aliphatic hydroxyl groups is 1. The van der Waals surface area contributed by atoms with Crippen LogP contribution in [0.15, 0.2) is 89.1 Å². The summed E-state index contributed by atoms with van der Waals surface area (Å²) in [4.78, 5) is 31.7. The summed E-state index contributed by atoms with van der Waals surface area (Å²) < 4.78 is 5.83. The number of fused-ring (bicyclic) bond motifs is 1. The summed E-state index contributed by atoms with van der Waals surface area (Å²) in [5.74, 6) is -0.542. The predicted molar refractivity (Wildman–Crippen MR) is 119 cm³/mol. The van der Waals surface area contributed by atoms with Crippen LogP contribution in [-0.4, -0.2) is 26.7 Å². The van der Waals surface area contributed by atoms with Gasteiger partial charge in [-0.15, -0.1) is 0 Å². The molecule has 1 aliphatic heterocycles. The molecule has 1 aliphatic rings. The molecule has 5 rings (SSSR count). The quantitative estimate of drug-likeness (QED) is 0.290. The van der Waals surface area contributed by atoms with E-state index in [9.17, 15) is 14.7 Å². The molecule has 1 fully saturated rings. The normalized spacial score (nSPS) is 17.9. The number of aryl methyl sites for hydroxylation is 1. The van der Waals surface area contributed by atoms with Crippen LogP contribution in [0.1, 0.15) is 28.7 Å². The number of carbonyl (C=O) groups excluding carboxylic acids is 2. The molecule has 6 nitrogen and oxygen atoms in total. The van der Waals surface area contributed by atoms with Gasteiger partial charge >= 0.3 is 0 Å². The van der Waals surface area contributed by atoms with Crippen LogP contribution in [0.4, 0.5) is 0 Å². The van der Waals surface area contributed by atoms with Crippen molar-refractivity contribution < 1.29 is 19.1 Å². The summed E-state index contributed by atoms with van der Waals surface area (Å²) in [6, 6.07) is 19.3. The van der Waals surface area contributed by atoms with Crippen LogP contribution in [0, 0.1) is 6.92 Å². The molecule has 6 heteroatoms. The van der Waals surface area contributed by atoms with Crippen LogP contribution < -0.4 is 0 Å². The predicted octanol–water partition coefficient (Wildman–Crippen LogP) is 4.76. The van der Waals surface area contributed by atoms with Gasteiger partial charge in [0.15, 0.2) is 0 Å². The minimum Gasteiger partial charge on any atom is -0.507 e. The van der Waals surface area contributed by atoms with E-state index in [-0.39, 0.29) is 17.9 Å². The molecule has 0 saturated carbocycles. The molecule has 1 atom stereocenters. The molecular weight excluding hydrogens is 404 g/mol. The van der Waals surface area contributed by atoms with Crippen molar-refractivity contribution in [2.45, 2.75) is 19.5 Å². The fraction of sp³-hybridized carbons (Fsp3) is 0.115. The molecule has 2 aromatic carbocycles. The van der Waals surface area contributed by atoms with E-state index in [1.807, 2.05) is 36.4 Å². The van der Waals surface area contributed by atoms with Gasteiger partial charge in [-0.05, 0) is 47.5 Å². The topological polar surface area (TPSA) is 83.6 Å². The first-order chi connectivity index (χ1) is 15.5. The largest absolute Gasteiger partial charge is 0.507 e. The Morgan fingerprint density at radius 1 is 1.00 bits per heavy atom. The van der Waals surface area contributed by atoms with Crippen molar-refractivity contribution >= 4 is 28.2 Å². The van der Waals surface area contributed by atoms with E-state index in [1.54, 1.807) is 49.6 Å². The van der Waals surface area contributed by atoms with Gasteiger partial charge in [-0.3, -0.25) is 14.6 Å². The van der Waals surface area contributed by atoms with Crippen LogP contribution in [0.2, 0.25) is 0 Å². The van der Waals surface area contributed by atoms with Crippen LogP contribution >= 0.6 is 0 Å². The van der Waals surface area contributed by atoms with Crippen molar-refractivity contribution in [2.24, 2.45) is 0 Å². The first-order valence-corrected chi connectivity index (χ1v) is 10.3. The highest BCUT2D eigenvalue weighted by Gasteiger charge is 2.47. The fourth-order valence-electron chi connectivity index (χ4n) is 4.20. The van der Waals surface area contributed by atoms with Crippen molar-refractivity contribution in [3.63, 3.8) is 0 Å². The number of furan rings is 1. The standard InChI is InChI=1S/C26H20N2O4/c1-16-9-10-21(32-16)23-22(24(29)20-8-4-6-18-5-2-3-7-19(18)20)25(30)26(31)28(23)15-17-11-13-27-14-12-17/h2-14,23,29H,15H2,1H3/b24-22-. The van der Waals surface area contributed by atoms with E-state index in [4.69, 9.17) is 4.42 Å². The summed E-state index contributed by atoms with van der Waals surface area (Å²) in [5, 5.41) is 13.1. The summed E-state index contributed by atoms with van der Waals surface area (Å²) >= 11 is 0. The number of pyridine rings is 1. The van der Waals surface area contributed by atoms with E-state index in [0.717, 1.165) is 16.3 Å². The highest BCUT2D eigenvalue weighted by Crippen LogP contribution is 2.41. The molecule has 2 aromatic heterocycles. The molecule has 0 aliphatic carbocycles. The molecule has 158 valence electrons. The lowest BCUT2D eigenvalue weighted by Crippen LogP contribution is -2.29. The second-order valence-electron chi connectivity index (χ2n) is 7.76. The van der Waals surface area contributed by atoms with Crippen molar-refractivity contribution in [3.05, 3.63) is 107 Å². The molecular formula is C26H20N2O4. The summed E-state index contributed by atoms with van der Waals surface area (Å²) in [5.41, 5.74) is 1.34. The maximum atomic E-state index is 13.2. The third-order valence-corrected chi connectivity index (χ3v) is 5.72. The number of amides is 1. The Kier molecular flexibility index (Phi) is 4.82. The van der Waals surface area contributed by atoms with Gasteiger partial charge in [-0.2, -0.15) is 0 Å². The minimum atomic E-state index is -0.837. The highest BCUT2D eigenvalue weighted by atomic mass is 16.3.